The van der Waals surface area contributed by atoms with Crippen molar-refractivity contribution in [1.82, 2.24) is 0 Å². The third kappa shape index (κ3) is 7.92. The van der Waals surface area contributed by atoms with E-state index in [0.717, 1.165) is 11.1 Å². The maximum atomic E-state index is 13.1. The van der Waals surface area contributed by atoms with E-state index in [1.165, 1.54) is 24.3 Å². The monoisotopic (exact) mass is 670 g/mol. The summed E-state index contributed by atoms with van der Waals surface area (Å²) in [7, 11) is -7.91. The Labute approximate surface area is 280 Å². The summed E-state index contributed by atoms with van der Waals surface area (Å²) in [4.78, 5) is 0.210. The molecule has 0 aliphatic heterocycles. The molecule has 0 aliphatic rings. The lowest BCUT2D eigenvalue weighted by atomic mass is 10.0. The van der Waals surface area contributed by atoms with Crippen LogP contribution >= 0.6 is 0 Å². The number of hydrogen-bond acceptors (Lipinski definition) is 4. The fourth-order valence-electron chi connectivity index (χ4n) is 4.78. The molecule has 0 bridgehead atoms. The Morgan fingerprint density at radius 1 is 0.375 bits per heavy atom. The van der Waals surface area contributed by atoms with E-state index in [4.69, 9.17) is 0 Å². The number of nitrogens with zero attached hydrogens (tertiary/aromatic N) is 2. The summed E-state index contributed by atoms with van der Waals surface area (Å²) in [6.45, 7) is 0. The molecular weight excluding hydrogens is 641 g/mol. The summed E-state index contributed by atoms with van der Waals surface area (Å²) in [6, 6.07) is 49.4. The highest BCUT2D eigenvalue weighted by molar-refractivity contribution is 7.90. The molecule has 0 aromatic heterocycles. The number of sulfonamides is 2. The topological polar surface area (TPSA) is 117 Å². The van der Waals surface area contributed by atoms with Gasteiger partial charge in [-0.3, -0.25) is 0 Å². The molecule has 6 rings (SSSR count). The van der Waals surface area contributed by atoms with Crippen molar-refractivity contribution >= 4 is 43.1 Å². The Bertz CT molecular complexity index is 2100. The van der Waals surface area contributed by atoms with E-state index in [1.807, 2.05) is 84.9 Å². The molecule has 238 valence electrons. The Morgan fingerprint density at radius 3 is 0.979 bits per heavy atom. The standard InChI is InChI=1S/C38H30N4O4S2/c43-47(44,35-17-9-3-10-18-35)41-37(31-13-5-1-6-14-31)39-33-25-21-29(22-26-33)30-23-27-34(28-24-30)40-38(32-15-7-2-8-16-32)42-48(45,46)36-19-11-4-12-20-36/h1-28H,(H,39,41)(H,40,42). The van der Waals surface area contributed by atoms with Gasteiger partial charge >= 0.3 is 0 Å². The molecule has 0 saturated heterocycles. The van der Waals surface area contributed by atoms with Crippen LogP contribution in [0.3, 0.4) is 0 Å². The second-order valence-corrected chi connectivity index (χ2v) is 13.8. The SMILES string of the molecule is O=S(=O)(/N=C(\Nc1ccc(-c2ccc(N/C(=N\S(=O)(=O)c3ccccc3)c3ccccc3)cc2)cc1)c1ccccc1)c1ccccc1. The van der Waals surface area contributed by atoms with Crippen molar-refractivity contribution in [3.63, 3.8) is 0 Å². The molecular formula is C38H30N4O4S2. The summed E-state index contributed by atoms with van der Waals surface area (Å²) in [5.41, 5.74) is 4.41. The van der Waals surface area contributed by atoms with Crippen LogP contribution < -0.4 is 10.6 Å². The number of nitrogens with one attached hydrogen (secondary N) is 2. The summed E-state index contributed by atoms with van der Waals surface area (Å²) in [5, 5.41) is 6.35. The van der Waals surface area contributed by atoms with Crippen molar-refractivity contribution in [3.8, 4) is 11.1 Å². The Kier molecular flexibility index (Phi) is 9.56. The molecule has 0 amide bonds. The fourth-order valence-corrected chi connectivity index (χ4v) is 6.78. The predicted octanol–water partition coefficient (Wildman–Crippen LogP) is 7.85. The van der Waals surface area contributed by atoms with Gasteiger partial charge < -0.3 is 10.6 Å². The smallest absolute Gasteiger partial charge is 0.284 e. The van der Waals surface area contributed by atoms with Crippen LogP contribution in [0.15, 0.2) is 188 Å². The number of anilines is 2. The maximum Gasteiger partial charge on any atom is 0.284 e. The molecule has 0 radical (unpaired) electrons. The van der Waals surface area contributed by atoms with E-state index in [-0.39, 0.29) is 21.5 Å². The van der Waals surface area contributed by atoms with Gasteiger partial charge in [-0.25, -0.2) is 0 Å². The van der Waals surface area contributed by atoms with Crippen LogP contribution in [0.2, 0.25) is 0 Å². The molecule has 6 aromatic carbocycles. The maximum absolute atomic E-state index is 13.1. The first kappa shape index (κ1) is 32.1. The van der Waals surface area contributed by atoms with Gasteiger partial charge in [-0.1, -0.05) is 121 Å². The lowest BCUT2D eigenvalue weighted by Gasteiger charge is -2.13. The van der Waals surface area contributed by atoms with Crippen LogP contribution in [-0.2, 0) is 20.0 Å². The molecule has 0 spiro atoms. The van der Waals surface area contributed by atoms with Crippen molar-refractivity contribution < 1.29 is 16.8 Å². The van der Waals surface area contributed by atoms with Gasteiger partial charge in [0.1, 0.15) is 0 Å². The third-order valence-corrected chi connectivity index (χ3v) is 9.81. The highest BCUT2D eigenvalue weighted by Gasteiger charge is 2.17. The van der Waals surface area contributed by atoms with Crippen molar-refractivity contribution in [2.24, 2.45) is 8.80 Å². The van der Waals surface area contributed by atoms with Crippen LogP contribution in [-0.4, -0.2) is 28.5 Å². The van der Waals surface area contributed by atoms with Crippen LogP contribution in [0.4, 0.5) is 11.4 Å². The van der Waals surface area contributed by atoms with E-state index in [2.05, 4.69) is 19.4 Å². The molecule has 0 atom stereocenters. The second kappa shape index (κ2) is 14.3. The third-order valence-electron chi connectivity index (χ3n) is 7.23. The minimum absolute atomic E-state index is 0.105. The van der Waals surface area contributed by atoms with Crippen molar-refractivity contribution in [2.45, 2.75) is 9.79 Å². The number of hydrogen-bond donors (Lipinski definition) is 2. The molecule has 0 unspecified atom stereocenters. The molecule has 10 heteroatoms. The zero-order chi connectivity index (χ0) is 33.4. The summed E-state index contributed by atoms with van der Waals surface area (Å²) in [6.07, 6.45) is 0. The Balaban J connectivity index is 1.22. The highest BCUT2D eigenvalue weighted by Crippen LogP contribution is 2.25. The molecule has 2 N–H and O–H groups in total. The van der Waals surface area contributed by atoms with E-state index in [0.29, 0.717) is 22.5 Å². The lowest BCUT2D eigenvalue weighted by Crippen LogP contribution is -2.16. The zero-order valence-corrected chi connectivity index (χ0v) is 27.1. The largest absolute Gasteiger partial charge is 0.339 e. The van der Waals surface area contributed by atoms with E-state index < -0.39 is 20.0 Å². The van der Waals surface area contributed by atoms with Crippen molar-refractivity contribution in [3.05, 3.63) is 181 Å². The second-order valence-electron chi connectivity index (χ2n) is 10.6. The van der Waals surface area contributed by atoms with Gasteiger partial charge in [0.25, 0.3) is 20.0 Å². The quantitative estimate of drug-likeness (QED) is 0.120. The molecule has 0 aliphatic carbocycles. The minimum Gasteiger partial charge on any atom is -0.339 e. The van der Waals surface area contributed by atoms with E-state index in [1.54, 1.807) is 60.7 Å². The average Bonchev–Trinajstić information content (AvgIpc) is 3.13. The predicted molar refractivity (Wildman–Crippen MR) is 192 cm³/mol. The normalized spacial score (nSPS) is 12.3. The molecule has 8 nitrogen and oxygen atoms in total. The molecule has 6 aromatic rings. The van der Waals surface area contributed by atoms with Crippen LogP contribution in [0.1, 0.15) is 11.1 Å². The summed E-state index contributed by atoms with van der Waals surface area (Å²) in [5.74, 6) is 0.403. The van der Waals surface area contributed by atoms with Gasteiger partial charge in [-0.05, 0) is 59.7 Å². The Hall–Kier alpha value is -5.84. The lowest BCUT2D eigenvalue weighted by molar-refractivity contribution is 0.596. The number of benzene rings is 6. The molecule has 0 saturated carbocycles. The highest BCUT2D eigenvalue weighted by atomic mass is 32.2. The van der Waals surface area contributed by atoms with Crippen LogP contribution in [0, 0.1) is 0 Å². The van der Waals surface area contributed by atoms with Gasteiger partial charge in [0, 0.05) is 22.5 Å². The number of amidine groups is 2. The molecule has 48 heavy (non-hydrogen) atoms. The van der Waals surface area contributed by atoms with Crippen molar-refractivity contribution in [2.75, 3.05) is 10.6 Å². The minimum atomic E-state index is -3.96. The zero-order valence-electron chi connectivity index (χ0n) is 25.5. The van der Waals surface area contributed by atoms with Crippen LogP contribution in [0.5, 0.6) is 0 Å². The molecule has 0 fully saturated rings. The average molecular weight is 671 g/mol. The number of rotatable bonds is 9. The fraction of sp³-hybridized carbons (Fsp3) is 0. The summed E-state index contributed by atoms with van der Waals surface area (Å²) < 4.78 is 60.6. The van der Waals surface area contributed by atoms with Crippen molar-refractivity contribution in [1.29, 1.82) is 0 Å². The first-order valence-electron chi connectivity index (χ1n) is 14.9. The van der Waals surface area contributed by atoms with Gasteiger partial charge in [-0.2, -0.15) is 16.8 Å². The Morgan fingerprint density at radius 2 is 0.667 bits per heavy atom. The van der Waals surface area contributed by atoms with E-state index in [9.17, 15) is 16.8 Å². The first-order chi connectivity index (χ1) is 23.3. The first-order valence-corrected chi connectivity index (χ1v) is 17.8. The van der Waals surface area contributed by atoms with Gasteiger partial charge in [0.15, 0.2) is 11.7 Å². The van der Waals surface area contributed by atoms with Gasteiger partial charge in [0.05, 0.1) is 9.79 Å². The molecule has 0 heterocycles. The van der Waals surface area contributed by atoms with Gasteiger partial charge in [0.2, 0.25) is 0 Å². The van der Waals surface area contributed by atoms with Crippen LogP contribution in [0.25, 0.3) is 11.1 Å². The van der Waals surface area contributed by atoms with E-state index >= 15 is 0 Å². The van der Waals surface area contributed by atoms with Gasteiger partial charge in [-0.15, -0.1) is 8.80 Å². The summed E-state index contributed by atoms with van der Waals surface area (Å²) >= 11 is 0.